The number of imide groups is 1. The van der Waals surface area contributed by atoms with Crippen molar-refractivity contribution >= 4 is 29.5 Å². The van der Waals surface area contributed by atoms with E-state index >= 15 is 0 Å². The summed E-state index contributed by atoms with van der Waals surface area (Å²) in [6.07, 6.45) is 11.8. The number of fused-ring (bicyclic) bond motifs is 1. The van der Waals surface area contributed by atoms with Crippen LogP contribution in [0.3, 0.4) is 0 Å². The molecule has 2 aromatic carbocycles. The Balaban J connectivity index is 1.01. The van der Waals surface area contributed by atoms with Crippen molar-refractivity contribution in [2.75, 3.05) is 0 Å². The van der Waals surface area contributed by atoms with Crippen molar-refractivity contribution in [3.8, 4) is 0 Å². The van der Waals surface area contributed by atoms with E-state index in [9.17, 15) is 14.4 Å². The van der Waals surface area contributed by atoms with Crippen LogP contribution < -0.4 is 5.32 Å². The number of thioether (sulfide) groups is 1. The first-order chi connectivity index (χ1) is 19.1. The van der Waals surface area contributed by atoms with Gasteiger partial charge in [0.2, 0.25) is 11.8 Å². The van der Waals surface area contributed by atoms with E-state index in [-0.39, 0.29) is 24.1 Å². The zero-order valence-electron chi connectivity index (χ0n) is 23.8. The molecule has 4 bridgehead atoms. The molecule has 40 heavy (non-hydrogen) atoms. The molecule has 4 saturated carbocycles. The molecule has 1 saturated heterocycles. The van der Waals surface area contributed by atoms with Gasteiger partial charge in [-0.15, -0.1) is 11.8 Å². The average molecular weight is 557 g/mol. The van der Waals surface area contributed by atoms with E-state index < -0.39 is 6.04 Å². The van der Waals surface area contributed by atoms with Gasteiger partial charge in [-0.05, 0) is 109 Å². The third-order valence-electron chi connectivity index (χ3n) is 10.6. The maximum Gasteiger partial charge on any atom is 0.255 e. The zero-order chi connectivity index (χ0) is 27.7. The first-order valence-electron chi connectivity index (χ1n) is 15.1. The topological polar surface area (TPSA) is 66.5 Å². The van der Waals surface area contributed by atoms with Crippen molar-refractivity contribution in [1.29, 1.82) is 0 Å². The van der Waals surface area contributed by atoms with Gasteiger partial charge in [-0.3, -0.25) is 19.7 Å². The molecule has 2 aromatic rings. The predicted molar refractivity (Wildman–Crippen MR) is 157 cm³/mol. The fraction of sp³-hybridized carbons (Fsp3) is 0.559. The Kier molecular flexibility index (Phi) is 6.23. The number of nitrogens with one attached hydrogen (secondary N) is 1. The van der Waals surface area contributed by atoms with Gasteiger partial charge in [0.05, 0.1) is 0 Å². The fourth-order valence-electron chi connectivity index (χ4n) is 10.1. The van der Waals surface area contributed by atoms with Crippen molar-refractivity contribution in [1.82, 2.24) is 10.2 Å². The normalized spacial score (nSPS) is 34.4. The second-order valence-electron chi connectivity index (χ2n) is 14.4. The number of carbonyl (C=O) groups excluding carboxylic acids is 3. The number of hydrogen-bond donors (Lipinski definition) is 1. The maximum absolute atomic E-state index is 13.2. The number of carbonyl (C=O) groups is 3. The molecule has 0 spiro atoms. The van der Waals surface area contributed by atoms with Gasteiger partial charge < -0.3 is 4.90 Å². The third kappa shape index (κ3) is 4.70. The molecule has 6 aliphatic rings. The van der Waals surface area contributed by atoms with Crippen LogP contribution in [0.4, 0.5) is 0 Å². The summed E-state index contributed by atoms with van der Waals surface area (Å²) < 4.78 is 0. The number of piperidine rings is 1. The quantitative estimate of drug-likeness (QED) is 0.306. The SMILES string of the molecule is CC12CC3CC(C)(C1)CC(CCc1cccc(CSc4cccc5c4CN(C4CCC(=O)NC4=O)C5=O)c1)(C3)C2. The Labute approximate surface area is 241 Å². The molecule has 5 fully saturated rings. The minimum atomic E-state index is -0.578. The summed E-state index contributed by atoms with van der Waals surface area (Å²) >= 11 is 1.77. The van der Waals surface area contributed by atoms with E-state index in [2.05, 4.69) is 49.5 Å². The van der Waals surface area contributed by atoms with Crippen molar-refractivity contribution in [2.24, 2.45) is 22.2 Å². The molecule has 3 atom stereocenters. The lowest BCUT2D eigenvalue weighted by atomic mass is 9.39. The molecule has 2 aliphatic heterocycles. The molecule has 3 unspecified atom stereocenters. The van der Waals surface area contributed by atoms with E-state index in [4.69, 9.17) is 0 Å². The number of aryl methyl sites for hydroxylation is 1. The molecule has 6 heteroatoms. The largest absolute Gasteiger partial charge is 0.322 e. The molecule has 4 aliphatic carbocycles. The van der Waals surface area contributed by atoms with E-state index in [1.807, 2.05) is 12.1 Å². The highest BCUT2D eigenvalue weighted by Crippen LogP contribution is 2.70. The van der Waals surface area contributed by atoms with Gasteiger partial charge >= 0.3 is 0 Å². The van der Waals surface area contributed by atoms with E-state index in [1.54, 1.807) is 16.7 Å². The number of rotatable bonds is 7. The Hall–Kier alpha value is -2.60. The van der Waals surface area contributed by atoms with Gasteiger partial charge in [0.25, 0.3) is 5.91 Å². The van der Waals surface area contributed by atoms with Gasteiger partial charge in [-0.25, -0.2) is 0 Å². The molecule has 5 nitrogen and oxygen atoms in total. The van der Waals surface area contributed by atoms with Gasteiger partial charge in [0.1, 0.15) is 6.04 Å². The van der Waals surface area contributed by atoms with E-state index in [0.29, 0.717) is 34.8 Å². The summed E-state index contributed by atoms with van der Waals surface area (Å²) in [6.45, 7) is 5.56. The van der Waals surface area contributed by atoms with E-state index in [0.717, 1.165) is 28.6 Å². The maximum atomic E-state index is 13.2. The van der Waals surface area contributed by atoms with Gasteiger partial charge in [-0.1, -0.05) is 44.2 Å². The highest BCUT2D eigenvalue weighted by atomic mass is 32.2. The first-order valence-corrected chi connectivity index (χ1v) is 16.1. The van der Waals surface area contributed by atoms with Crippen molar-refractivity contribution in [2.45, 2.75) is 101 Å². The summed E-state index contributed by atoms with van der Waals surface area (Å²) in [6, 6.07) is 14.4. The van der Waals surface area contributed by atoms with Crippen LogP contribution in [0.25, 0.3) is 0 Å². The number of hydrogen-bond acceptors (Lipinski definition) is 4. The highest BCUT2D eigenvalue weighted by molar-refractivity contribution is 7.98. The van der Waals surface area contributed by atoms with Gasteiger partial charge in [0, 0.05) is 29.2 Å². The Morgan fingerprint density at radius 2 is 1.70 bits per heavy atom. The number of benzene rings is 2. The molecular weight excluding hydrogens is 516 g/mol. The predicted octanol–water partition coefficient (Wildman–Crippen LogP) is 6.67. The second kappa shape index (κ2) is 9.47. The Morgan fingerprint density at radius 3 is 2.45 bits per heavy atom. The minimum absolute atomic E-state index is 0.110. The van der Waals surface area contributed by atoms with Crippen LogP contribution >= 0.6 is 11.8 Å². The second-order valence-corrected chi connectivity index (χ2v) is 15.4. The third-order valence-corrected chi connectivity index (χ3v) is 11.8. The number of amides is 3. The summed E-state index contributed by atoms with van der Waals surface area (Å²) in [4.78, 5) is 40.0. The monoisotopic (exact) mass is 556 g/mol. The van der Waals surface area contributed by atoms with Gasteiger partial charge in [0.15, 0.2) is 0 Å². The van der Waals surface area contributed by atoms with Crippen LogP contribution in [0, 0.1) is 22.2 Å². The lowest BCUT2D eigenvalue weighted by Crippen LogP contribution is -2.55. The zero-order valence-corrected chi connectivity index (χ0v) is 24.6. The van der Waals surface area contributed by atoms with Crippen molar-refractivity contribution in [3.05, 3.63) is 64.7 Å². The van der Waals surface area contributed by atoms with Crippen LogP contribution in [0.15, 0.2) is 47.4 Å². The molecule has 1 N–H and O–H groups in total. The average Bonchev–Trinajstić information content (AvgIpc) is 3.21. The minimum Gasteiger partial charge on any atom is -0.322 e. The van der Waals surface area contributed by atoms with Crippen LogP contribution in [0.1, 0.15) is 98.7 Å². The molecule has 2 heterocycles. The molecular formula is C34H40N2O3S. The first kappa shape index (κ1) is 26.3. The fourth-order valence-corrected chi connectivity index (χ4v) is 11.1. The number of nitrogens with zero attached hydrogens (tertiary/aromatic N) is 1. The van der Waals surface area contributed by atoms with Crippen molar-refractivity contribution in [3.63, 3.8) is 0 Å². The van der Waals surface area contributed by atoms with Crippen LogP contribution in [-0.4, -0.2) is 28.7 Å². The molecule has 0 aromatic heterocycles. The summed E-state index contributed by atoms with van der Waals surface area (Å²) in [5, 5.41) is 2.39. The lowest BCUT2D eigenvalue weighted by Gasteiger charge is -2.65. The van der Waals surface area contributed by atoms with Crippen LogP contribution in [-0.2, 0) is 28.3 Å². The molecule has 0 radical (unpaired) electrons. The lowest BCUT2D eigenvalue weighted by molar-refractivity contribution is -0.147. The molecule has 3 amide bonds. The summed E-state index contributed by atoms with van der Waals surface area (Å²) in [7, 11) is 0. The standard InChI is InChI=1S/C34H40N2O3S/c1-32-14-24-15-33(2,19-32)21-34(16-24,20-32)12-11-22-5-3-6-23(13-22)18-40-28-8-4-7-25-26(28)17-36(31(25)39)27-9-10-29(37)35-30(27)38/h3-8,13,24,27H,9-12,14-21H2,1-2H3,(H,35,37,38). The molecule has 8 rings (SSSR count). The Bertz CT molecular complexity index is 1380. The van der Waals surface area contributed by atoms with Crippen LogP contribution in [0.2, 0.25) is 0 Å². The smallest absolute Gasteiger partial charge is 0.255 e. The summed E-state index contributed by atoms with van der Waals surface area (Å²) in [5.41, 5.74) is 6.12. The molecule has 210 valence electrons. The van der Waals surface area contributed by atoms with Gasteiger partial charge in [-0.2, -0.15) is 0 Å². The van der Waals surface area contributed by atoms with Crippen LogP contribution in [0.5, 0.6) is 0 Å². The Morgan fingerprint density at radius 1 is 0.950 bits per heavy atom. The summed E-state index contributed by atoms with van der Waals surface area (Å²) in [5.74, 6) is 1.06. The highest BCUT2D eigenvalue weighted by Gasteiger charge is 2.59. The van der Waals surface area contributed by atoms with Crippen molar-refractivity contribution < 1.29 is 14.4 Å². The van der Waals surface area contributed by atoms with E-state index in [1.165, 1.54) is 56.1 Å².